The molecule has 0 fully saturated rings. The molecule has 1 atom stereocenters. The van der Waals surface area contributed by atoms with E-state index in [9.17, 15) is 17.6 Å². The summed E-state index contributed by atoms with van der Waals surface area (Å²) < 4.78 is 40.9. The fourth-order valence-electron chi connectivity index (χ4n) is 2.05. The van der Waals surface area contributed by atoms with Gasteiger partial charge in [-0.2, -0.15) is 5.10 Å². The number of nitrogens with zero attached hydrogens (tertiary/aromatic N) is 2. The monoisotopic (exact) mass is 325 g/mol. The maximum Gasteiger partial charge on any atom is 0.267 e. The molecule has 1 unspecified atom stereocenters. The summed E-state index contributed by atoms with van der Waals surface area (Å²) in [5.41, 5.74) is 0.372. The lowest BCUT2D eigenvalue weighted by atomic mass is 9.97. The van der Waals surface area contributed by atoms with E-state index in [1.807, 2.05) is 4.72 Å². The van der Waals surface area contributed by atoms with E-state index < -0.39 is 27.7 Å². The lowest BCUT2D eigenvalue weighted by Gasteiger charge is -2.12. The average Bonchev–Trinajstić information content (AvgIpc) is 2.86. The van der Waals surface area contributed by atoms with Gasteiger partial charge >= 0.3 is 0 Å². The van der Waals surface area contributed by atoms with Crippen LogP contribution in [0, 0.1) is 5.82 Å². The number of amides is 1. The maximum atomic E-state index is 13.6. The largest absolute Gasteiger partial charge is 0.274 e. The van der Waals surface area contributed by atoms with Gasteiger partial charge < -0.3 is 0 Å². The van der Waals surface area contributed by atoms with Crippen molar-refractivity contribution in [1.82, 2.24) is 14.5 Å². The van der Waals surface area contributed by atoms with Crippen LogP contribution >= 0.6 is 0 Å². The lowest BCUT2D eigenvalue weighted by molar-refractivity contribution is -0.119. The Hall–Kier alpha value is -2.22. The second kappa shape index (κ2) is 6.27. The molecule has 22 heavy (non-hydrogen) atoms. The minimum absolute atomic E-state index is 0.0955. The van der Waals surface area contributed by atoms with Crippen LogP contribution in [0.5, 0.6) is 0 Å². The first kappa shape index (κ1) is 16.2. The summed E-state index contributed by atoms with van der Waals surface area (Å²) in [6, 6.07) is 6.09. The Bertz CT molecular complexity index is 786. The fraction of sp³-hybridized carbons (Fsp3) is 0.286. The predicted octanol–water partition coefficient (Wildman–Crippen LogP) is 1.56. The van der Waals surface area contributed by atoms with Crippen LogP contribution in [0.25, 0.3) is 0 Å². The molecule has 1 N–H and O–H groups in total. The van der Waals surface area contributed by atoms with Gasteiger partial charge in [0.2, 0.25) is 5.91 Å². The minimum atomic E-state index is -3.95. The highest BCUT2D eigenvalue weighted by molar-refractivity contribution is 7.90. The van der Waals surface area contributed by atoms with Crippen LogP contribution in [0.1, 0.15) is 24.8 Å². The van der Waals surface area contributed by atoms with Crippen molar-refractivity contribution < 1.29 is 17.6 Å². The SMILES string of the molecule is CC(CC(=O)NS(=O)(=O)c1cnn(C)c1)c1ccccc1F. The van der Waals surface area contributed by atoms with Crippen molar-refractivity contribution in [1.29, 1.82) is 0 Å². The Balaban J connectivity index is 2.06. The van der Waals surface area contributed by atoms with E-state index in [4.69, 9.17) is 0 Å². The number of nitrogens with one attached hydrogen (secondary N) is 1. The van der Waals surface area contributed by atoms with Gasteiger partial charge in [0.1, 0.15) is 10.7 Å². The van der Waals surface area contributed by atoms with Crippen molar-refractivity contribution in [3.63, 3.8) is 0 Å². The normalized spacial score (nSPS) is 12.9. The average molecular weight is 325 g/mol. The van der Waals surface area contributed by atoms with Gasteiger partial charge in [-0.3, -0.25) is 9.48 Å². The Morgan fingerprint density at radius 3 is 2.68 bits per heavy atom. The van der Waals surface area contributed by atoms with Crippen LogP contribution in [-0.2, 0) is 21.9 Å². The molecule has 0 aliphatic rings. The molecule has 0 bridgehead atoms. The standard InChI is InChI=1S/C14H16FN3O3S/c1-10(12-5-3-4-6-13(12)15)7-14(19)17-22(20,21)11-8-16-18(2)9-11/h3-6,8-10H,7H2,1-2H3,(H,17,19). The Morgan fingerprint density at radius 2 is 2.09 bits per heavy atom. The number of aryl methyl sites for hydroxylation is 1. The molecule has 0 aliphatic carbocycles. The number of aromatic nitrogens is 2. The van der Waals surface area contributed by atoms with E-state index in [1.165, 1.54) is 16.9 Å². The molecule has 0 saturated carbocycles. The van der Waals surface area contributed by atoms with Crippen LogP contribution in [0.3, 0.4) is 0 Å². The fourth-order valence-corrected chi connectivity index (χ4v) is 3.03. The number of hydrogen-bond acceptors (Lipinski definition) is 4. The van der Waals surface area contributed by atoms with Crippen LogP contribution in [0.2, 0.25) is 0 Å². The van der Waals surface area contributed by atoms with Crippen molar-refractivity contribution >= 4 is 15.9 Å². The van der Waals surface area contributed by atoms with Crippen LogP contribution in [-0.4, -0.2) is 24.1 Å². The molecule has 2 rings (SSSR count). The van der Waals surface area contributed by atoms with Gasteiger partial charge in [0.15, 0.2) is 0 Å². The van der Waals surface area contributed by atoms with E-state index >= 15 is 0 Å². The zero-order chi connectivity index (χ0) is 16.3. The molecule has 0 radical (unpaired) electrons. The second-order valence-electron chi connectivity index (χ2n) is 5.01. The van der Waals surface area contributed by atoms with Crippen molar-refractivity contribution in [2.45, 2.75) is 24.2 Å². The smallest absolute Gasteiger partial charge is 0.267 e. The molecule has 6 nitrogen and oxygen atoms in total. The third-order valence-corrected chi connectivity index (χ3v) is 4.50. The molecule has 0 spiro atoms. The van der Waals surface area contributed by atoms with Crippen LogP contribution < -0.4 is 4.72 Å². The quantitative estimate of drug-likeness (QED) is 0.904. The first-order valence-electron chi connectivity index (χ1n) is 6.58. The van der Waals surface area contributed by atoms with Crippen molar-refractivity contribution in [2.24, 2.45) is 7.05 Å². The first-order valence-corrected chi connectivity index (χ1v) is 8.06. The molecule has 8 heteroatoms. The van der Waals surface area contributed by atoms with E-state index in [1.54, 1.807) is 32.2 Å². The van der Waals surface area contributed by atoms with E-state index in [-0.39, 0.29) is 11.3 Å². The van der Waals surface area contributed by atoms with Gasteiger partial charge in [-0.15, -0.1) is 0 Å². The van der Waals surface area contributed by atoms with Crippen LogP contribution in [0.15, 0.2) is 41.6 Å². The summed E-state index contributed by atoms with van der Waals surface area (Å²) in [5, 5.41) is 3.75. The van der Waals surface area contributed by atoms with Gasteiger partial charge in [-0.05, 0) is 17.5 Å². The molecule has 1 heterocycles. The summed E-state index contributed by atoms with van der Waals surface area (Å²) in [5.74, 6) is -1.55. The number of halogens is 1. The lowest BCUT2D eigenvalue weighted by Crippen LogP contribution is -2.31. The van der Waals surface area contributed by atoms with Crippen molar-refractivity contribution in [2.75, 3.05) is 0 Å². The molecule has 2 aromatic rings. The zero-order valence-corrected chi connectivity index (χ0v) is 13.0. The molecule has 1 aromatic carbocycles. The summed E-state index contributed by atoms with van der Waals surface area (Å²) in [7, 11) is -2.38. The number of carbonyl (C=O) groups is 1. The molecule has 1 aromatic heterocycles. The van der Waals surface area contributed by atoms with Gasteiger partial charge in [0.05, 0.1) is 6.20 Å². The molecule has 118 valence electrons. The summed E-state index contributed by atoms with van der Waals surface area (Å²) >= 11 is 0. The van der Waals surface area contributed by atoms with Gasteiger partial charge in [-0.25, -0.2) is 17.5 Å². The highest BCUT2D eigenvalue weighted by Gasteiger charge is 2.21. The molecular formula is C14H16FN3O3S. The number of carbonyl (C=O) groups excluding carboxylic acids is 1. The number of hydrogen-bond donors (Lipinski definition) is 1. The predicted molar refractivity (Wildman–Crippen MR) is 78.0 cm³/mol. The van der Waals surface area contributed by atoms with Crippen molar-refractivity contribution in [3.8, 4) is 0 Å². The summed E-state index contributed by atoms with van der Waals surface area (Å²) in [4.78, 5) is 11.8. The zero-order valence-electron chi connectivity index (χ0n) is 12.2. The van der Waals surface area contributed by atoms with Gasteiger partial charge in [-0.1, -0.05) is 25.1 Å². The summed E-state index contributed by atoms with van der Waals surface area (Å²) in [6.45, 7) is 1.66. The van der Waals surface area contributed by atoms with Crippen LogP contribution in [0.4, 0.5) is 4.39 Å². The highest BCUT2D eigenvalue weighted by Crippen LogP contribution is 2.22. The Morgan fingerprint density at radius 1 is 1.41 bits per heavy atom. The Kier molecular flexibility index (Phi) is 4.60. The molecule has 0 aliphatic heterocycles. The second-order valence-corrected chi connectivity index (χ2v) is 6.69. The van der Waals surface area contributed by atoms with E-state index in [0.29, 0.717) is 5.56 Å². The number of benzene rings is 1. The minimum Gasteiger partial charge on any atom is -0.274 e. The molecule has 1 amide bonds. The first-order chi connectivity index (χ1) is 10.3. The van der Waals surface area contributed by atoms with E-state index in [0.717, 1.165) is 6.20 Å². The maximum absolute atomic E-state index is 13.6. The van der Waals surface area contributed by atoms with Crippen molar-refractivity contribution in [3.05, 3.63) is 48.0 Å². The third kappa shape index (κ3) is 3.70. The van der Waals surface area contributed by atoms with Gasteiger partial charge in [0.25, 0.3) is 10.0 Å². The number of sulfonamides is 1. The Labute approximate surface area is 128 Å². The number of rotatable bonds is 5. The summed E-state index contributed by atoms with van der Waals surface area (Å²) in [6.07, 6.45) is 2.30. The van der Waals surface area contributed by atoms with Gasteiger partial charge in [0, 0.05) is 19.7 Å². The highest BCUT2D eigenvalue weighted by atomic mass is 32.2. The molecule has 0 saturated heterocycles. The third-order valence-electron chi connectivity index (χ3n) is 3.17. The molecular weight excluding hydrogens is 309 g/mol. The topological polar surface area (TPSA) is 81.1 Å². The van der Waals surface area contributed by atoms with E-state index in [2.05, 4.69) is 5.10 Å².